The van der Waals surface area contributed by atoms with E-state index in [4.69, 9.17) is 0 Å². The first kappa shape index (κ1) is 19.7. The van der Waals surface area contributed by atoms with E-state index in [9.17, 15) is 14.4 Å². The Morgan fingerprint density at radius 1 is 1.10 bits per heavy atom. The van der Waals surface area contributed by atoms with Crippen molar-refractivity contribution in [1.29, 1.82) is 0 Å². The van der Waals surface area contributed by atoms with Gasteiger partial charge < -0.3 is 15.6 Å². The Morgan fingerprint density at radius 2 is 1.87 bits per heavy atom. The first-order valence-electron chi connectivity index (χ1n) is 10.0. The van der Waals surface area contributed by atoms with Crippen LogP contribution in [-0.4, -0.2) is 40.3 Å². The molecule has 0 spiro atoms. The molecule has 0 unspecified atom stereocenters. The third-order valence-corrected chi connectivity index (χ3v) is 5.38. The number of carbonyl (C=O) groups excluding carboxylic acids is 3. The largest absolute Gasteiger partial charge is 0.361 e. The lowest BCUT2D eigenvalue weighted by atomic mass is 10.1. The van der Waals surface area contributed by atoms with Crippen LogP contribution in [0.3, 0.4) is 0 Å². The van der Waals surface area contributed by atoms with Gasteiger partial charge in [0.1, 0.15) is 6.04 Å². The van der Waals surface area contributed by atoms with Crippen molar-refractivity contribution >= 4 is 34.4 Å². The van der Waals surface area contributed by atoms with Crippen molar-refractivity contribution in [3.8, 4) is 0 Å². The normalized spacial score (nSPS) is 16.2. The molecule has 1 fully saturated rings. The van der Waals surface area contributed by atoms with Crippen molar-refractivity contribution in [1.82, 2.24) is 15.2 Å². The summed E-state index contributed by atoms with van der Waals surface area (Å²) in [6.45, 7) is 2.28. The zero-order valence-electron chi connectivity index (χ0n) is 16.8. The maximum Gasteiger partial charge on any atom is 0.324 e. The second-order valence-corrected chi connectivity index (χ2v) is 7.55. The molecule has 154 valence electrons. The standard InChI is InChI=1S/C23H24N4O3/c1-15-6-8-17(9-7-15)25-21(28)11-10-20-22(29)27(23(30)26-20)13-12-16-14-24-19-5-3-2-4-18(16)19/h2-9,14,20,24H,10-13H2,1H3,(H,25,28)(H,26,30)/t20-/m1/s1. The zero-order valence-corrected chi connectivity index (χ0v) is 16.8. The van der Waals surface area contributed by atoms with Crippen molar-refractivity contribution in [2.75, 3.05) is 11.9 Å². The molecule has 7 heteroatoms. The first-order chi connectivity index (χ1) is 14.5. The highest BCUT2D eigenvalue weighted by Gasteiger charge is 2.37. The molecule has 4 rings (SSSR count). The van der Waals surface area contributed by atoms with E-state index in [0.717, 1.165) is 22.0 Å². The molecule has 2 aromatic carbocycles. The molecular weight excluding hydrogens is 380 g/mol. The Morgan fingerprint density at radius 3 is 2.67 bits per heavy atom. The predicted molar refractivity (Wildman–Crippen MR) is 115 cm³/mol. The molecule has 0 bridgehead atoms. The minimum Gasteiger partial charge on any atom is -0.361 e. The summed E-state index contributed by atoms with van der Waals surface area (Å²) in [4.78, 5) is 41.5. The minimum absolute atomic E-state index is 0.154. The van der Waals surface area contributed by atoms with Gasteiger partial charge in [-0.05, 0) is 43.5 Å². The number of anilines is 1. The number of imide groups is 1. The van der Waals surface area contributed by atoms with Crippen LogP contribution in [0, 0.1) is 6.92 Å². The topological polar surface area (TPSA) is 94.3 Å². The summed E-state index contributed by atoms with van der Waals surface area (Å²) in [5.74, 6) is -0.457. The summed E-state index contributed by atoms with van der Waals surface area (Å²) in [5.41, 5.74) is 3.92. The van der Waals surface area contributed by atoms with Gasteiger partial charge in [-0.1, -0.05) is 35.9 Å². The second-order valence-electron chi connectivity index (χ2n) is 7.55. The van der Waals surface area contributed by atoms with Crippen LogP contribution < -0.4 is 10.6 Å². The maximum atomic E-state index is 12.7. The quantitative estimate of drug-likeness (QED) is 0.527. The van der Waals surface area contributed by atoms with Gasteiger partial charge in [-0.2, -0.15) is 0 Å². The third-order valence-electron chi connectivity index (χ3n) is 5.38. The first-order valence-corrected chi connectivity index (χ1v) is 10.0. The monoisotopic (exact) mass is 404 g/mol. The Balaban J connectivity index is 1.30. The molecule has 7 nitrogen and oxygen atoms in total. The Kier molecular flexibility index (Phi) is 5.52. The van der Waals surface area contributed by atoms with Crippen LogP contribution in [0.5, 0.6) is 0 Å². The molecule has 3 N–H and O–H groups in total. The molecule has 1 aliphatic rings. The number of hydrogen-bond acceptors (Lipinski definition) is 3. The van der Waals surface area contributed by atoms with Crippen molar-refractivity contribution in [2.24, 2.45) is 0 Å². The van der Waals surface area contributed by atoms with Crippen molar-refractivity contribution in [3.05, 3.63) is 65.9 Å². The number of nitrogens with zero attached hydrogens (tertiary/aromatic N) is 1. The number of hydrogen-bond donors (Lipinski definition) is 3. The van der Waals surface area contributed by atoms with E-state index in [-0.39, 0.29) is 24.7 Å². The Labute approximate surface area is 174 Å². The van der Waals surface area contributed by atoms with E-state index in [1.54, 1.807) is 0 Å². The molecule has 30 heavy (non-hydrogen) atoms. The maximum absolute atomic E-state index is 12.7. The third kappa shape index (κ3) is 4.20. The van der Waals surface area contributed by atoms with Gasteiger partial charge in [0, 0.05) is 35.8 Å². The Hall–Kier alpha value is -3.61. The lowest BCUT2D eigenvalue weighted by Crippen LogP contribution is -2.33. The number of aromatic amines is 1. The molecule has 1 aromatic heterocycles. The fourth-order valence-electron chi connectivity index (χ4n) is 3.69. The van der Waals surface area contributed by atoms with Gasteiger partial charge in [-0.25, -0.2) is 4.79 Å². The summed E-state index contributed by atoms with van der Waals surface area (Å²) in [5, 5.41) is 6.60. The molecule has 1 atom stereocenters. The molecule has 4 amide bonds. The summed E-state index contributed by atoms with van der Waals surface area (Å²) in [6.07, 6.45) is 2.91. The number of nitrogens with one attached hydrogen (secondary N) is 3. The van der Waals surface area contributed by atoms with Crippen LogP contribution in [0.2, 0.25) is 0 Å². The van der Waals surface area contributed by atoms with Gasteiger partial charge in [0.05, 0.1) is 0 Å². The number of rotatable bonds is 7. The van der Waals surface area contributed by atoms with Gasteiger partial charge in [-0.15, -0.1) is 0 Å². The predicted octanol–water partition coefficient (Wildman–Crippen LogP) is 3.36. The number of aryl methyl sites for hydroxylation is 1. The molecule has 0 saturated carbocycles. The number of fused-ring (bicyclic) bond motifs is 1. The fraction of sp³-hybridized carbons (Fsp3) is 0.261. The molecular formula is C23H24N4O3. The number of benzene rings is 2. The number of aromatic nitrogens is 1. The van der Waals surface area contributed by atoms with Gasteiger partial charge in [0.15, 0.2) is 0 Å². The SMILES string of the molecule is Cc1ccc(NC(=O)CC[C@H]2NC(=O)N(CCc3c[nH]c4ccccc34)C2=O)cc1. The van der Waals surface area contributed by atoms with Crippen LogP contribution in [0.15, 0.2) is 54.7 Å². The van der Waals surface area contributed by atoms with Crippen molar-refractivity contribution < 1.29 is 14.4 Å². The summed E-state index contributed by atoms with van der Waals surface area (Å²) < 4.78 is 0. The Bertz CT molecular complexity index is 1090. The van der Waals surface area contributed by atoms with Crippen LogP contribution >= 0.6 is 0 Å². The molecule has 2 heterocycles. The van der Waals surface area contributed by atoms with E-state index >= 15 is 0 Å². The minimum atomic E-state index is -0.663. The number of carbonyl (C=O) groups is 3. The number of H-pyrrole nitrogens is 1. The van der Waals surface area contributed by atoms with Crippen LogP contribution in [0.25, 0.3) is 10.9 Å². The van der Waals surface area contributed by atoms with Crippen LogP contribution in [0.1, 0.15) is 24.0 Å². The molecule has 0 aliphatic carbocycles. The highest BCUT2D eigenvalue weighted by molar-refractivity contribution is 6.04. The highest BCUT2D eigenvalue weighted by atomic mass is 16.2. The second kappa shape index (κ2) is 8.41. The van der Waals surface area contributed by atoms with E-state index in [1.165, 1.54) is 4.90 Å². The molecule has 0 radical (unpaired) electrons. The zero-order chi connectivity index (χ0) is 21.1. The number of para-hydroxylation sites is 1. The van der Waals surface area contributed by atoms with E-state index in [1.807, 2.05) is 61.7 Å². The molecule has 1 aliphatic heterocycles. The average molecular weight is 404 g/mol. The van der Waals surface area contributed by atoms with Crippen molar-refractivity contribution in [3.63, 3.8) is 0 Å². The number of urea groups is 1. The average Bonchev–Trinajstić information content (AvgIpc) is 3.27. The smallest absolute Gasteiger partial charge is 0.324 e. The number of amides is 4. The lowest BCUT2D eigenvalue weighted by molar-refractivity contribution is -0.127. The van der Waals surface area contributed by atoms with Gasteiger partial charge in [-0.3, -0.25) is 14.5 Å². The molecule has 3 aromatic rings. The fourth-order valence-corrected chi connectivity index (χ4v) is 3.69. The molecule has 1 saturated heterocycles. The van der Waals surface area contributed by atoms with Gasteiger partial charge in [0.25, 0.3) is 5.91 Å². The van der Waals surface area contributed by atoms with Crippen molar-refractivity contribution in [2.45, 2.75) is 32.2 Å². The van der Waals surface area contributed by atoms with Crippen LogP contribution in [-0.2, 0) is 16.0 Å². The van der Waals surface area contributed by atoms with E-state index in [0.29, 0.717) is 18.7 Å². The van der Waals surface area contributed by atoms with Gasteiger partial charge in [0.2, 0.25) is 5.91 Å². The van der Waals surface area contributed by atoms with Gasteiger partial charge >= 0.3 is 6.03 Å². The van der Waals surface area contributed by atoms with E-state index in [2.05, 4.69) is 15.6 Å². The lowest BCUT2D eigenvalue weighted by Gasteiger charge is -2.12. The summed E-state index contributed by atoms with van der Waals surface area (Å²) in [6, 6.07) is 14.4. The summed E-state index contributed by atoms with van der Waals surface area (Å²) in [7, 11) is 0. The van der Waals surface area contributed by atoms with E-state index < -0.39 is 12.1 Å². The highest BCUT2D eigenvalue weighted by Crippen LogP contribution is 2.20. The van der Waals surface area contributed by atoms with Crippen LogP contribution in [0.4, 0.5) is 10.5 Å². The summed E-state index contributed by atoms with van der Waals surface area (Å²) >= 11 is 0.